The van der Waals surface area contributed by atoms with Gasteiger partial charge in [0.25, 0.3) is 0 Å². The summed E-state index contributed by atoms with van der Waals surface area (Å²) in [4.78, 5) is 23.7. The van der Waals surface area contributed by atoms with Gasteiger partial charge in [-0.15, -0.1) is 0 Å². The van der Waals surface area contributed by atoms with Crippen molar-refractivity contribution in [1.29, 1.82) is 0 Å². The van der Waals surface area contributed by atoms with Gasteiger partial charge in [0.1, 0.15) is 18.2 Å². The number of halogens is 1. The van der Waals surface area contributed by atoms with Crippen molar-refractivity contribution in [3.8, 4) is 0 Å². The van der Waals surface area contributed by atoms with E-state index in [0.29, 0.717) is 18.0 Å². The number of unbranched alkanes of at least 4 members (excludes halogenated alkanes) is 1. The summed E-state index contributed by atoms with van der Waals surface area (Å²) < 4.78 is 10.5. The fourth-order valence-electron chi connectivity index (χ4n) is 2.20. The number of benzene rings is 1. The summed E-state index contributed by atoms with van der Waals surface area (Å²) in [6.07, 6.45) is 1.71. The van der Waals surface area contributed by atoms with Crippen molar-refractivity contribution in [2.45, 2.75) is 58.3 Å². The molecule has 1 atom stereocenters. The van der Waals surface area contributed by atoms with Crippen molar-refractivity contribution < 1.29 is 19.1 Å². The van der Waals surface area contributed by atoms with Gasteiger partial charge in [-0.3, -0.25) is 4.79 Å². The number of ether oxygens (including phenoxy) is 2. The van der Waals surface area contributed by atoms with Gasteiger partial charge in [0.15, 0.2) is 0 Å². The Hall–Kier alpha value is -1.79. The standard InChI is InChI=1S/C19H29ClN2O4/c1-19(2,3)26-17(23)16(21-4)7-5-6-12-22-18(24)25-13-14-8-10-15(20)11-9-14/h8-11,16,21H,5-7,12-13H2,1-4H3,(H,22,24)/t16-/m0/s1. The summed E-state index contributed by atoms with van der Waals surface area (Å²) in [7, 11) is 1.74. The van der Waals surface area contributed by atoms with Gasteiger partial charge < -0.3 is 20.1 Å². The number of nitrogens with one attached hydrogen (secondary N) is 2. The van der Waals surface area contributed by atoms with E-state index in [4.69, 9.17) is 21.1 Å². The normalized spacial score (nSPS) is 12.3. The molecule has 0 fully saturated rings. The molecule has 26 heavy (non-hydrogen) atoms. The topological polar surface area (TPSA) is 76.7 Å². The Labute approximate surface area is 160 Å². The fourth-order valence-corrected chi connectivity index (χ4v) is 2.32. The predicted molar refractivity (Wildman–Crippen MR) is 102 cm³/mol. The van der Waals surface area contributed by atoms with Crippen LogP contribution < -0.4 is 10.6 Å². The van der Waals surface area contributed by atoms with E-state index in [0.717, 1.165) is 18.4 Å². The average Bonchev–Trinajstić information content (AvgIpc) is 2.56. The van der Waals surface area contributed by atoms with Crippen LogP contribution in [0.3, 0.4) is 0 Å². The molecule has 0 aromatic heterocycles. The van der Waals surface area contributed by atoms with Gasteiger partial charge in [0.2, 0.25) is 0 Å². The number of carbonyl (C=O) groups is 2. The third kappa shape index (κ3) is 9.63. The average molecular weight is 385 g/mol. The van der Waals surface area contributed by atoms with Crippen LogP contribution >= 0.6 is 11.6 Å². The molecule has 1 amide bonds. The molecule has 2 N–H and O–H groups in total. The highest BCUT2D eigenvalue weighted by molar-refractivity contribution is 6.30. The molecule has 0 unspecified atom stereocenters. The molecule has 0 aliphatic heterocycles. The summed E-state index contributed by atoms with van der Waals surface area (Å²) in [6, 6.07) is 6.78. The largest absolute Gasteiger partial charge is 0.459 e. The van der Waals surface area contributed by atoms with Crippen LogP contribution in [-0.4, -0.2) is 37.3 Å². The lowest BCUT2D eigenvalue weighted by atomic mass is 10.1. The van der Waals surface area contributed by atoms with Crippen LogP contribution in [-0.2, 0) is 20.9 Å². The van der Waals surface area contributed by atoms with Gasteiger partial charge >= 0.3 is 12.1 Å². The molecule has 0 aliphatic rings. The molecule has 0 aliphatic carbocycles. The summed E-state index contributed by atoms with van der Waals surface area (Å²) in [5.41, 5.74) is 0.375. The molecule has 6 nitrogen and oxygen atoms in total. The van der Waals surface area contributed by atoms with Crippen LogP contribution in [0.5, 0.6) is 0 Å². The molecule has 0 saturated heterocycles. The van der Waals surface area contributed by atoms with E-state index in [-0.39, 0.29) is 18.6 Å². The van der Waals surface area contributed by atoms with Gasteiger partial charge in [-0.2, -0.15) is 0 Å². The van der Waals surface area contributed by atoms with Crippen LogP contribution in [0.2, 0.25) is 5.02 Å². The number of amides is 1. The van der Waals surface area contributed by atoms with E-state index in [1.54, 1.807) is 19.2 Å². The smallest absolute Gasteiger partial charge is 0.407 e. The summed E-state index contributed by atoms with van der Waals surface area (Å²) in [5.74, 6) is -0.254. The first-order valence-electron chi connectivity index (χ1n) is 8.76. The molecule has 1 aromatic carbocycles. The zero-order valence-electron chi connectivity index (χ0n) is 15.9. The Morgan fingerprint density at radius 2 is 1.81 bits per heavy atom. The minimum absolute atomic E-state index is 0.198. The SMILES string of the molecule is CN[C@@H](CCCCNC(=O)OCc1ccc(Cl)cc1)C(=O)OC(C)(C)C. The van der Waals surface area contributed by atoms with Gasteiger partial charge in [-0.1, -0.05) is 23.7 Å². The highest BCUT2D eigenvalue weighted by Crippen LogP contribution is 2.12. The molecule has 7 heteroatoms. The lowest BCUT2D eigenvalue weighted by molar-refractivity contribution is -0.157. The monoisotopic (exact) mass is 384 g/mol. The minimum Gasteiger partial charge on any atom is -0.459 e. The lowest BCUT2D eigenvalue weighted by Crippen LogP contribution is -2.39. The van der Waals surface area contributed by atoms with E-state index in [1.807, 2.05) is 32.9 Å². The maximum absolute atomic E-state index is 12.0. The van der Waals surface area contributed by atoms with Crippen LogP contribution in [0, 0.1) is 0 Å². The van der Waals surface area contributed by atoms with Gasteiger partial charge in [0.05, 0.1) is 0 Å². The maximum Gasteiger partial charge on any atom is 0.407 e. The number of hydrogen-bond acceptors (Lipinski definition) is 5. The number of hydrogen-bond donors (Lipinski definition) is 2. The maximum atomic E-state index is 12.0. The number of likely N-dealkylation sites (N-methyl/N-ethyl adjacent to an activating group) is 1. The molecule has 0 radical (unpaired) electrons. The van der Waals surface area contributed by atoms with Crippen LogP contribution in [0.1, 0.15) is 45.6 Å². The van der Waals surface area contributed by atoms with E-state index in [9.17, 15) is 9.59 Å². The fraction of sp³-hybridized carbons (Fsp3) is 0.579. The first-order chi connectivity index (χ1) is 12.2. The Balaban J connectivity index is 2.17. The van der Waals surface area contributed by atoms with Crippen molar-refractivity contribution >= 4 is 23.7 Å². The molecular formula is C19H29ClN2O4. The molecule has 146 valence electrons. The van der Waals surface area contributed by atoms with Crippen LogP contribution in [0.25, 0.3) is 0 Å². The highest BCUT2D eigenvalue weighted by Gasteiger charge is 2.23. The van der Waals surface area contributed by atoms with Crippen molar-refractivity contribution in [2.24, 2.45) is 0 Å². The number of carbonyl (C=O) groups excluding carboxylic acids is 2. The Kier molecular flexibility index (Phi) is 9.44. The predicted octanol–water partition coefficient (Wildman–Crippen LogP) is 3.67. The summed E-state index contributed by atoms with van der Waals surface area (Å²) in [6.45, 7) is 6.22. The molecule has 1 aromatic rings. The number of rotatable bonds is 9. The van der Waals surface area contributed by atoms with Crippen molar-refractivity contribution in [2.75, 3.05) is 13.6 Å². The quantitative estimate of drug-likeness (QED) is 0.501. The van der Waals surface area contributed by atoms with E-state index in [2.05, 4.69) is 10.6 Å². The Morgan fingerprint density at radius 3 is 2.38 bits per heavy atom. The van der Waals surface area contributed by atoms with E-state index >= 15 is 0 Å². The van der Waals surface area contributed by atoms with Crippen LogP contribution in [0.4, 0.5) is 4.79 Å². The zero-order chi connectivity index (χ0) is 19.6. The molecule has 0 bridgehead atoms. The van der Waals surface area contributed by atoms with Crippen molar-refractivity contribution in [3.05, 3.63) is 34.9 Å². The second-order valence-corrected chi connectivity index (χ2v) is 7.44. The third-order valence-corrected chi connectivity index (χ3v) is 3.76. The minimum atomic E-state index is -0.498. The Bertz CT molecular complexity index is 570. The molecular weight excluding hydrogens is 356 g/mol. The summed E-state index contributed by atoms with van der Waals surface area (Å²) >= 11 is 5.80. The third-order valence-electron chi connectivity index (χ3n) is 3.51. The second kappa shape index (κ2) is 11.0. The second-order valence-electron chi connectivity index (χ2n) is 7.00. The van der Waals surface area contributed by atoms with Crippen molar-refractivity contribution in [3.63, 3.8) is 0 Å². The molecule has 0 saturated carbocycles. The Morgan fingerprint density at radius 1 is 1.15 bits per heavy atom. The number of alkyl carbamates (subject to hydrolysis) is 1. The highest BCUT2D eigenvalue weighted by atomic mass is 35.5. The molecule has 0 spiro atoms. The van der Waals surface area contributed by atoms with Gasteiger partial charge in [-0.25, -0.2) is 4.79 Å². The lowest BCUT2D eigenvalue weighted by Gasteiger charge is -2.23. The summed E-state index contributed by atoms with van der Waals surface area (Å²) in [5, 5.41) is 6.31. The van der Waals surface area contributed by atoms with Crippen LogP contribution in [0.15, 0.2) is 24.3 Å². The van der Waals surface area contributed by atoms with Gasteiger partial charge in [-0.05, 0) is 64.8 Å². The first-order valence-corrected chi connectivity index (χ1v) is 9.14. The van der Waals surface area contributed by atoms with Crippen molar-refractivity contribution in [1.82, 2.24) is 10.6 Å². The first kappa shape index (κ1) is 22.3. The zero-order valence-corrected chi connectivity index (χ0v) is 16.7. The molecule has 1 rings (SSSR count). The molecule has 0 heterocycles. The van der Waals surface area contributed by atoms with E-state index < -0.39 is 11.7 Å². The number of esters is 1. The van der Waals surface area contributed by atoms with E-state index in [1.165, 1.54) is 0 Å². The van der Waals surface area contributed by atoms with Gasteiger partial charge in [0, 0.05) is 11.6 Å².